The van der Waals surface area contributed by atoms with E-state index in [1.54, 1.807) is 0 Å². The number of nitro groups is 2. The smallest absolute Gasteiger partial charge is 0.267 e. The van der Waals surface area contributed by atoms with E-state index in [-0.39, 0.29) is 22.5 Å². The molecule has 2 N–H and O–H groups in total. The third-order valence-corrected chi connectivity index (χ3v) is 2.93. The molecular weight excluding hydrogens is 320 g/mol. The summed E-state index contributed by atoms with van der Waals surface area (Å²) in [7, 11) is 0. The van der Waals surface area contributed by atoms with Crippen LogP contribution in [0.2, 0.25) is 0 Å². The van der Waals surface area contributed by atoms with Gasteiger partial charge in [0.25, 0.3) is 23.2 Å². The summed E-state index contributed by atoms with van der Waals surface area (Å²) < 4.78 is 0. The van der Waals surface area contributed by atoms with Gasteiger partial charge in [0.05, 0.1) is 9.85 Å². The van der Waals surface area contributed by atoms with Gasteiger partial charge in [-0.1, -0.05) is 12.1 Å². The van der Waals surface area contributed by atoms with E-state index in [4.69, 9.17) is 0 Å². The SMILES string of the molecule is O=C(NNC(=O)c1cccc([N+](=O)[O-])c1)c1cccc([N+](=O)[O-])c1. The zero-order valence-corrected chi connectivity index (χ0v) is 12.0. The molecule has 122 valence electrons. The van der Waals surface area contributed by atoms with Crippen LogP contribution >= 0.6 is 0 Å². The van der Waals surface area contributed by atoms with Crippen LogP contribution in [0.25, 0.3) is 0 Å². The Morgan fingerprint density at radius 3 is 1.46 bits per heavy atom. The van der Waals surface area contributed by atoms with E-state index in [1.807, 2.05) is 0 Å². The van der Waals surface area contributed by atoms with Crippen molar-refractivity contribution < 1.29 is 19.4 Å². The maximum absolute atomic E-state index is 11.9. The minimum absolute atomic E-state index is 0.0245. The van der Waals surface area contributed by atoms with Crippen LogP contribution in [-0.4, -0.2) is 21.7 Å². The number of benzene rings is 2. The third kappa shape index (κ3) is 3.88. The molecule has 0 aliphatic carbocycles. The van der Waals surface area contributed by atoms with Gasteiger partial charge in [0.15, 0.2) is 0 Å². The molecule has 24 heavy (non-hydrogen) atoms. The number of rotatable bonds is 4. The van der Waals surface area contributed by atoms with Crippen molar-refractivity contribution in [3.8, 4) is 0 Å². The topological polar surface area (TPSA) is 144 Å². The second kappa shape index (κ2) is 6.96. The maximum atomic E-state index is 11.9. The average Bonchev–Trinajstić information content (AvgIpc) is 2.59. The molecule has 0 radical (unpaired) electrons. The van der Waals surface area contributed by atoms with Gasteiger partial charge in [-0.3, -0.25) is 40.7 Å². The summed E-state index contributed by atoms with van der Waals surface area (Å²) in [4.78, 5) is 43.8. The number of amides is 2. The lowest BCUT2D eigenvalue weighted by molar-refractivity contribution is -0.385. The molecular formula is C14H10N4O6. The van der Waals surface area contributed by atoms with E-state index < -0.39 is 21.7 Å². The summed E-state index contributed by atoms with van der Waals surface area (Å²) >= 11 is 0. The quantitative estimate of drug-likeness (QED) is 0.643. The first-order valence-corrected chi connectivity index (χ1v) is 6.48. The van der Waals surface area contributed by atoms with Crippen molar-refractivity contribution in [3.05, 3.63) is 79.9 Å². The largest absolute Gasteiger partial charge is 0.270 e. The summed E-state index contributed by atoms with van der Waals surface area (Å²) in [6, 6.07) is 9.87. The molecule has 10 nitrogen and oxygen atoms in total. The Morgan fingerprint density at radius 1 is 0.750 bits per heavy atom. The lowest BCUT2D eigenvalue weighted by Crippen LogP contribution is -2.41. The molecule has 2 rings (SSSR count). The standard InChI is InChI=1S/C14H10N4O6/c19-13(9-3-1-5-11(7-9)17(21)22)15-16-14(20)10-4-2-6-12(8-10)18(23)24/h1-8H,(H,15,19)(H,16,20). The molecule has 0 aliphatic rings. The van der Waals surface area contributed by atoms with Gasteiger partial charge in [-0.15, -0.1) is 0 Å². The van der Waals surface area contributed by atoms with Gasteiger partial charge in [0, 0.05) is 35.4 Å². The number of non-ortho nitro benzene ring substituents is 2. The van der Waals surface area contributed by atoms with Crippen LogP contribution in [0.5, 0.6) is 0 Å². The molecule has 0 fully saturated rings. The van der Waals surface area contributed by atoms with Crippen LogP contribution in [0.15, 0.2) is 48.5 Å². The first-order valence-electron chi connectivity index (χ1n) is 6.48. The van der Waals surface area contributed by atoms with Crippen molar-refractivity contribution in [1.29, 1.82) is 0 Å². The summed E-state index contributed by atoms with van der Waals surface area (Å²) in [6.07, 6.45) is 0. The molecule has 0 atom stereocenters. The number of hydrogen-bond acceptors (Lipinski definition) is 6. The molecule has 0 unspecified atom stereocenters. The number of carbonyl (C=O) groups excluding carboxylic acids is 2. The van der Waals surface area contributed by atoms with E-state index in [0.717, 1.165) is 12.1 Å². The summed E-state index contributed by atoms with van der Waals surface area (Å²) in [5.74, 6) is -1.53. The Bertz CT molecular complexity index is 766. The minimum atomic E-state index is -0.766. The first kappa shape index (κ1) is 16.5. The number of nitro benzene ring substituents is 2. The Hall–Kier alpha value is -3.82. The molecule has 2 aromatic carbocycles. The van der Waals surface area contributed by atoms with E-state index in [0.29, 0.717) is 0 Å². The molecule has 0 saturated carbocycles. The van der Waals surface area contributed by atoms with Crippen molar-refractivity contribution in [1.82, 2.24) is 10.9 Å². The Labute approximate surface area is 134 Å². The average molecular weight is 330 g/mol. The summed E-state index contributed by atoms with van der Waals surface area (Å²) in [5.41, 5.74) is 3.57. The third-order valence-electron chi connectivity index (χ3n) is 2.93. The van der Waals surface area contributed by atoms with Crippen LogP contribution in [0.3, 0.4) is 0 Å². The summed E-state index contributed by atoms with van der Waals surface area (Å²) in [6.45, 7) is 0. The van der Waals surface area contributed by atoms with Crippen LogP contribution < -0.4 is 10.9 Å². The van der Waals surface area contributed by atoms with Crippen molar-refractivity contribution in [2.24, 2.45) is 0 Å². The molecule has 0 heterocycles. The van der Waals surface area contributed by atoms with Crippen molar-refractivity contribution in [3.63, 3.8) is 0 Å². The first-order chi connectivity index (χ1) is 11.4. The predicted molar refractivity (Wildman–Crippen MR) is 81.1 cm³/mol. The van der Waals surface area contributed by atoms with Crippen LogP contribution in [0, 0.1) is 20.2 Å². The monoisotopic (exact) mass is 330 g/mol. The normalized spacial score (nSPS) is 9.83. The van der Waals surface area contributed by atoms with Gasteiger partial charge in [-0.2, -0.15) is 0 Å². The van der Waals surface area contributed by atoms with Gasteiger partial charge in [-0.25, -0.2) is 0 Å². The highest BCUT2D eigenvalue weighted by Gasteiger charge is 2.14. The number of carbonyl (C=O) groups is 2. The number of hydrazine groups is 1. The van der Waals surface area contributed by atoms with E-state index in [2.05, 4.69) is 10.9 Å². The van der Waals surface area contributed by atoms with E-state index in [1.165, 1.54) is 36.4 Å². The molecule has 2 amide bonds. The van der Waals surface area contributed by atoms with E-state index in [9.17, 15) is 29.8 Å². The molecule has 0 aliphatic heterocycles. The lowest BCUT2D eigenvalue weighted by atomic mass is 10.2. The highest BCUT2D eigenvalue weighted by molar-refractivity contribution is 5.99. The van der Waals surface area contributed by atoms with Gasteiger partial charge in [-0.05, 0) is 12.1 Å². The van der Waals surface area contributed by atoms with Crippen LogP contribution in [-0.2, 0) is 0 Å². The predicted octanol–water partition coefficient (Wildman–Crippen LogP) is 1.58. The number of hydrogen-bond donors (Lipinski definition) is 2. The van der Waals surface area contributed by atoms with Crippen molar-refractivity contribution in [2.45, 2.75) is 0 Å². The molecule has 2 aromatic rings. The number of nitrogens with one attached hydrogen (secondary N) is 2. The van der Waals surface area contributed by atoms with Gasteiger partial charge in [0.1, 0.15) is 0 Å². The fourth-order valence-electron chi connectivity index (χ4n) is 1.78. The minimum Gasteiger partial charge on any atom is -0.267 e. The van der Waals surface area contributed by atoms with Crippen LogP contribution in [0.4, 0.5) is 11.4 Å². The Morgan fingerprint density at radius 2 is 1.12 bits per heavy atom. The second-order valence-corrected chi connectivity index (χ2v) is 4.52. The Balaban J connectivity index is 2.05. The van der Waals surface area contributed by atoms with Gasteiger partial charge >= 0.3 is 0 Å². The molecule has 0 spiro atoms. The molecule has 0 bridgehead atoms. The van der Waals surface area contributed by atoms with Crippen molar-refractivity contribution >= 4 is 23.2 Å². The zero-order chi connectivity index (χ0) is 17.7. The van der Waals surface area contributed by atoms with Gasteiger partial charge < -0.3 is 0 Å². The molecule has 10 heteroatoms. The fourth-order valence-corrected chi connectivity index (χ4v) is 1.78. The van der Waals surface area contributed by atoms with E-state index >= 15 is 0 Å². The fraction of sp³-hybridized carbons (Fsp3) is 0. The Kier molecular flexibility index (Phi) is 4.80. The van der Waals surface area contributed by atoms with Gasteiger partial charge in [0.2, 0.25) is 0 Å². The summed E-state index contributed by atoms with van der Waals surface area (Å²) in [5, 5.41) is 21.3. The number of nitrogens with zero attached hydrogens (tertiary/aromatic N) is 2. The maximum Gasteiger partial charge on any atom is 0.270 e. The molecule has 0 saturated heterocycles. The van der Waals surface area contributed by atoms with Crippen molar-refractivity contribution in [2.75, 3.05) is 0 Å². The van der Waals surface area contributed by atoms with Crippen LogP contribution in [0.1, 0.15) is 20.7 Å². The molecule has 0 aromatic heterocycles. The zero-order valence-electron chi connectivity index (χ0n) is 12.0. The second-order valence-electron chi connectivity index (χ2n) is 4.52. The lowest BCUT2D eigenvalue weighted by Gasteiger charge is -2.07. The highest BCUT2D eigenvalue weighted by atomic mass is 16.6. The highest BCUT2D eigenvalue weighted by Crippen LogP contribution is 2.14.